The van der Waals surface area contributed by atoms with Gasteiger partial charge in [0.2, 0.25) is 5.91 Å². The molecule has 22 heavy (non-hydrogen) atoms. The van der Waals surface area contributed by atoms with E-state index in [1.165, 1.54) is 37.2 Å². The fourth-order valence-electron chi connectivity index (χ4n) is 1.93. The van der Waals surface area contributed by atoms with Gasteiger partial charge in [-0.05, 0) is 13.3 Å². The van der Waals surface area contributed by atoms with Crippen LogP contribution in [0.25, 0.3) is 0 Å². The zero-order valence-corrected chi connectivity index (χ0v) is 13.9. The molecule has 0 spiro atoms. The molecule has 0 aliphatic heterocycles. The van der Waals surface area contributed by atoms with E-state index >= 15 is 0 Å². The highest BCUT2D eigenvalue weighted by Gasteiger charge is 2.10. The number of hydrogen-bond donors (Lipinski definition) is 2. The molecule has 1 unspecified atom stereocenters. The van der Waals surface area contributed by atoms with Crippen LogP contribution in [0.3, 0.4) is 0 Å². The molecule has 120 valence electrons. The Balaban J connectivity index is 2.31. The van der Waals surface area contributed by atoms with Gasteiger partial charge in [0.05, 0.1) is 11.9 Å². The number of nitrogens with zero attached hydrogens (tertiary/aromatic N) is 3. The first-order valence-electron chi connectivity index (χ1n) is 7.51. The Morgan fingerprint density at radius 2 is 2.27 bits per heavy atom. The number of aromatic nitrogens is 2. The van der Waals surface area contributed by atoms with Crippen LogP contribution in [0, 0.1) is 11.3 Å². The third-order valence-corrected chi connectivity index (χ3v) is 4.01. The van der Waals surface area contributed by atoms with E-state index in [9.17, 15) is 4.79 Å². The van der Waals surface area contributed by atoms with Crippen molar-refractivity contribution < 1.29 is 4.79 Å². The molecule has 0 aliphatic carbocycles. The molecule has 7 heteroatoms. The van der Waals surface area contributed by atoms with Gasteiger partial charge < -0.3 is 11.1 Å². The lowest BCUT2D eigenvalue weighted by Gasteiger charge is -2.13. The molecule has 0 aromatic carbocycles. The van der Waals surface area contributed by atoms with E-state index in [4.69, 9.17) is 11.0 Å². The van der Waals surface area contributed by atoms with Crippen molar-refractivity contribution in [2.24, 2.45) is 0 Å². The number of nitrogens with one attached hydrogen (secondary N) is 1. The van der Waals surface area contributed by atoms with Gasteiger partial charge in [0.1, 0.15) is 17.5 Å². The molecular weight excluding hydrogens is 298 g/mol. The van der Waals surface area contributed by atoms with Crippen LogP contribution in [0.4, 0.5) is 5.82 Å². The van der Waals surface area contributed by atoms with E-state index in [0.717, 1.165) is 12.8 Å². The highest BCUT2D eigenvalue weighted by molar-refractivity contribution is 7.99. The SMILES string of the molecule is CCCCCCC(C)NC(=O)CSc1ncc(C#N)c(N)n1. The predicted molar refractivity (Wildman–Crippen MR) is 88.2 cm³/mol. The summed E-state index contributed by atoms with van der Waals surface area (Å²) in [7, 11) is 0. The van der Waals surface area contributed by atoms with Crippen molar-refractivity contribution in [3.63, 3.8) is 0 Å². The summed E-state index contributed by atoms with van der Waals surface area (Å²) in [4.78, 5) is 19.8. The summed E-state index contributed by atoms with van der Waals surface area (Å²) in [6.45, 7) is 4.20. The Hall–Kier alpha value is -1.81. The van der Waals surface area contributed by atoms with Crippen LogP contribution in [0.1, 0.15) is 51.5 Å². The molecule has 1 amide bonds. The van der Waals surface area contributed by atoms with Gasteiger partial charge in [0.15, 0.2) is 5.16 Å². The molecule has 3 N–H and O–H groups in total. The normalized spacial score (nSPS) is 11.7. The first-order valence-corrected chi connectivity index (χ1v) is 8.50. The molecule has 0 radical (unpaired) electrons. The molecule has 1 rings (SSSR count). The van der Waals surface area contributed by atoms with Gasteiger partial charge in [0.25, 0.3) is 0 Å². The van der Waals surface area contributed by atoms with Crippen molar-refractivity contribution in [2.45, 2.75) is 57.1 Å². The van der Waals surface area contributed by atoms with Crippen LogP contribution in [0.2, 0.25) is 0 Å². The smallest absolute Gasteiger partial charge is 0.230 e. The number of hydrogen-bond acceptors (Lipinski definition) is 6. The lowest BCUT2D eigenvalue weighted by atomic mass is 10.1. The largest absolute Gasteiger partial charge is 0.382 e. The van der Waals surface area contributed by atoms with Crippen molar-refractivity contribution >= 4 is 23.5 Å². The van der Waals surface area contributed by atoms with Crippen molar-refractivity contribution in [1.29, 1.82) is 5.26 Å². The minimum absolute atomic E-state index is 0.0421. The molecule has 1 aromatic rings. The fraction of sp³-hybridized carbons (Fsp3) is 0.600. The number of thioether (sulfide) groups is 1. The third kappa shape index (κ3) is 6.76. The summed E-state index contributed by atoms with van der Waals surface area (Å²) in [5, 5.41) is 12.1. The van der Waals surface area contributed by atoms with Crippen molar-refractivity contribution in [3.8, 4) is 6.07 Å². The van der Waals surface area contributed by atoms with E-state index in [1.807, 2.05) is 13.0 Å². The van der Waals surface area contributed by atoms with Crippen LogP contribution in [0.15, 0.2) is 11.4 Å². The maximum Gasteiger partial charge on any atom is 0.230 e. The van der Waals surface area contributed by atoms with E-state index in [0.29, 0.717) is 5.16 Å². The average Bonchev–Trinajstić information content (AvgIpc) is 2.49. The van der Waals surface area contributed by atoms with Crippen LogP contribution in [-0.2, 0) is 4.79 Å². The number of anilines is 1. The highest BCUT2D eigenvalue weighted by Crippen LogP contribution is 2.15. The Kier molecular flexibility index (Phi) is 8.30. The maximum atomic E-state index is 11.9. The minimum atomic E-state index is -0.0421. The molecule has 0 aliphatic rings. The van der Waals surface area contributed by atoms with Crippen molar-refractivity contribution in [1.82, 2.24) is 15.3 Å². The van der Waals surface area contributed by atoms with E-state index < -0.39 is 0 Å². The van der Waals surface area contributed by atoms with Gasteiger partial charge in [-0.1, -0.05) is 44.4 Å². The van der Waals surface area contributed by atoms with Crippen LogP contribution in [0.5, 0.6) is 0 Å². The number of nitrogens with two attached hydrogens (primary N) is 1. The number of carbonyl (C=O) groups excluding carboxylic acids is 1. The molecular formula is C15H23N5OS. The zero-order chi connectivity index (χ0) is 16.4. The summed E-state index contributed by atoms with van der Waals surface area (Å²) in [5.74, 6) is 0.342. The second kappa shape index (κ2) is 10.0. The van der Waals surface area contributed by atoms with E-state index in [2.05, 4.69) is 22.2 Å². The Bertz CT molecular complexity index is 529. The summed E-state index contributed by atoms with van der Waals surface area (Å²) in [6.07, 6.45) is 7.18. The fourth-order valence-corrected chi connectivity index (χ4v) is 2.56. The van der Waals surface area contributed by atoms with Gasteiger partial charge in [-0.25, -0.2) is 9.97 Å². The van der Waals surface area contributed by atoms with Gasteiger partial charge in [0, 0.05) is 6.04 Å². The lowest BCUT2D eigenvalue weighted by Crippen LogP contribution is -2.33. The van der Waals surface area contributed by atoms with Crippen LogP contribution < -0.4 is 11.1 Å². The second-order valence-electron chi connectivity index (χ2n) is 5.17. The van der Waals surface area contributed by atoms with Gasteiger partial charge in [-0.2, -0.15) is 5.26 Å². The number of nitrogen functional groups attached to an aromatic ring is 1. The average molecular weight is 321 g/mol. The minimum Gasteiger partial charge on any atom is -0.382 e. The van der Waals surface area contributed by atoms with Crippen molar-refractivity contribution in [2.75, 3.05) is 11.5 Å². The number of nitriles is 1. The Morgan fingerprint density at radius 1 is 1.50 bits per heavy atom. The molecule has 0 saturated carbocycles. The zero-order valence-electron chi connectivity index (χ0n) is 13.1. The maximum absolute atomic E-state index is 11.9. The van der Waals surface area contributed by atoms with Crippen LogP contribution in [-0.4, -0.2) is 27.7 Å². The summed E-state index contributed by atoms with van der Waals surface area (Å²) in [5.41, 5.74) is 5.86. The molecule has 0 bridgehead atoms. The number of rotatable bonds is 9. The third-order valence-electron chi connectivity index (χ3n) is 3.15. The molecule has 1 aromatic heterocycles. The summed E-state index contributed by atoms with van der Waals surface area (Å²) < 4.78 is 0. The molecule has 0 saturated heterocycles. The number of unbranched alkanes of at least 4 members (excludes halogenated alkanes) is 3. The topological polar surface area (TPSA) is 105 Å². The molecule has 6 nitrogen and oxygen atoms in total. The molecule has 1 atom stereocenters. The predicted octanol–water partition coefficient (Wildman–Crippen LogP) is 2.50. The van der Waals surface area contributed by atoms with Gasteiger partial charge in [-0.15, -0.1) is 0 Å². The van der Waals surface area contributed by atoms with E-state index in [1.54, 1.807) is 0 Å². The van der Waals surface area contributed by atoms with Crippen LogP contribution >= 0.6 is 11.8 Å². The van der Waals surface area contributed by atoms with E-state index in [-0.39, 0.29) is 29.1 Å². The van der Waals surface area contributed by atoms with Crippen molar-refractivity contribution in [3.05, 3.63) is 11.8 Å². The second-order valence-corrected chi connectivity index (χ2v) is 6.11. The summed E-state index contributed by atoms with van der Waals surface area (Å²) in [6, 6.07) is 2.08. The first kappa shape index (κ1) is 18.2. The quantitative estimate of drug-likeness (QED) is 0.411. The number of amides is 1. The molecule has 1 heterocycles. The van der Waals surface area contributed by atoms with Gasteiger partial charge in [-0.3, -0.25) is 4.79 Å². The monoisotopic (exact) mass is 321 g/mol. The standard InChI is InChI=1S/C15H23N5OS/c1-3-4-5-6-7-11(2)19-13(21)10-22-15-18-9-12(8-16)14(17)20-15/h9,11H,3-7,10H2,1-2H3,(H,19,21)(H2,17,18,20). The first-order chi connectivity index (χ1) is 10.6. The summed E-state index contributed by atoms with van der Waals surface area (Å²) >= 11 is 1.21. The molecule has 0 fully saturated rings. The number of carbonyl (C=O) groups is 1. The Morgan fingerprint density at radius 3 is 2.91 bits per heavy atom. The lowest BCUT2D eigenvalue weighted by molar-refractivity contribution is -0.119. The highest BCUT2D eigenvalue weighted by atomic mass is 32.2. The van der Waals surface area contributed by atoms with Gasteiger partial charge >= 0.3 is 0 Å². The Labute approximate surface area is 135 Å².